The molecule has 0 aromatic carbocycles. The minimum atomic E-state index is 1.02. The van der Waals surface area contributed by atoms with E-state index in [0.717, 1.165) is 12.0 Å². The first-order valence-electron chi connectivity index (χ1n) is 2.16. The molecule has 0 aliphatic carbocycles. The molecule has 0 saturated heterocycles. The summed E-state index contributed by atoms with van der Waals surface area (Å²) in [4.78, 5) is 0. The lowest BCUT2D eigenvalue weighted by Crippen LogP contribution is -2.02. The van der Waals surface area contributed by atoms with Crippen molar-refractivity contribution < 1.29 is 0 Å². The van der Waals surface area contributed by atoms with Gasteiger partial charge in [-0.1, -0.05) is 6.58 Å². The Bertz CT molecular complexity index is 45.5. The van der Waals surface area contributed by atoms with Crippen molar-refractivity contribution in [1.29, 1.82) is 0 Å². The lowest BCUT2D eigenvalue weighted by atomic mass is 10.0. The fourth-order valence-electron chi connectivity index (χ4n) is 0.177. The van der Waals surface area contributed by atoms with Gasteiger partial charge in [0.1, 0.15) is 7.85 Å². The predicted molar refractivity (Wildman–Crippen MR) is 31.6 cm³/mol. The van der Waals surface area contributed by atoms with Gasteiger partial charge in [0.05, 0.1) is 0 Å². The molecule has 0 bridgehead atoms. The molecule has 0 fully saturated rings. The second-order valence-electron chi connectivity index (χ2n) is 1.21. The smallest absolute Gasteiger partial charge is 0.108 e. The first-order valence-corrected chi connectivity index (χ1v) is 2.16. The molecule has 0 aliphatic rings. The standard InChI is InChI=1S/C4H10BN/c1-4(3-5)6-2/h6H,1,3,5H2,2H3. The lowest BCUT2D eigenvalue weighted by Gasteiger charge is -1.94. The third-order valence-corrected chi connectivity index (χ3v) is 0.780. The Morgan fingerprint density at radius 2 is 2.50 bits per heavy atom. The Balaban J connectivity index is 2.99. The Labute approximate surface area is 39.8 Å². The van der Waals surface area contributed by atoms with Crippen molar-refractivity contribution in [2.24, 2.45) is 0 Å². The molecular formula is C4H10BN. The molecule has 0 aliphatic heterocycles. The van der Waals surface area contributed by atoms with Crippen LogP contribution in [0.1, 0.15) is 0 Å². The molecule has 0 heterocycles. The largest absolute Gasteiger partial charge is 0.392 e. The topological polar surface area (TPSA) is 12.0 Å². The van der Waals surface area contributed by atoms with E-state index in [2.05, 4.69) is 19.7 Å². The molecule has 0 rings (SSSR count). The van der Waals surface area contributed by atoms with E-state index in [0.29, 0.717) is 0 Å². The highest BCUT2D eigenvalue weighted by molar-refractivity contribution is 6.10. The van der Waals surface area contributed by atoms with Crippen molar-refractivity contribution in [1.82, 2.24) is 5.32 Å². The van der Waals surface area contributed by atoms with Gasteiger partial charge in [-0.2, -0.15) is 0 Å². The number of hydrogen-bond acceptors (Lipinski definition) is 1. The van der Waals surface area contributed by atoms with Crippen LogP contribution in [-0.2, 0) is 0 Å². The van der Waals surface area contributed by atoms with Crippen molar-refractivity contribution in [3.05, 3.63) is 12.3 Å². The van der Waals surface area contributed by atoms with Gasteiger partial charge in [-0.05, 0) is 12.0 Å². The summed E-state index contributed by atoms with van der Waals surface area (Å²) >= 11 is 0. The van der Waals surface area contributed by atoms with Crippen molar-refractivity contribution >= 4 is 7.85 Å². The van der Waals surface area contributed by atoms with E-state index < -0.39 is 0 Å². The zero-order valence-corrected chi connectivity index (χ0v) is 4.41. The summed E-state index contributed by atoms with van der Waals surface area (Å²) in [5.41, 5.74) is 1.09. The average Bonchev–Trinajstić information content (AvgIpc) is 1.65. The van der Waals surface area contributed by atoms with Gasteiger partial charge < -0.3 is 5.32 Å². The summed E-state index contributed by atoms with van der Waals surface area (Å²) in [6.45, 7) is 3.68. The SMILES string of the molecule is BCC(=C)NC. The van der Waals surface area contributed by atoms with Crippen LogP contribution in [0.4, 0.5) is 0 Å². The molecular weight excluding hydrogens is 72.9 g/mol. The number of rotatable bonds is 2. The maximum absolute atomic E-state index is 3.68. The zero-order chi connectivity index (χ0) is 4.99. The molecule has 0 saturated carbocycles. The van der Waals surface area contributed by atoms with Gasteiger partial charge in [0.15, 0.2) is 0 Å². The molecule has 0 radical (unpaired) electrons. The van der Waals surface area contributed by atoms with E-state index >= 15 is 0 Å². The van der Waals surface area contributed by atoms with Gasteiger partial charge in [-0.3, -0.25) is 0 Å². The molecule has 0 aromatic rings. The maximum atomic E-state index is 3.68. The fourth-order valence-corrected chi connectivity index (χ4v) is 0.177. The summed E-state index contributed by atoms with van der Waals surface area (Å²) < 4.78 is 0. The van der Waals surface area contributed by atoms with E-state index in [1.807, 2.05) is 7.05 Å². The Hall–Kier alpha value is -0.395. The molecule has 6 heavy (non-hydrogen) atoms. The van der Waals surface area contributed by atoms with Gasteiger partial charge in [0.2, 0.25) is 0 Å². The second-order valence-corrected chi connectivity index (χ2v) is 1.21. The molecule has 0 aromatic heterocycles. The number of allylic oxidation sites excluding steroid dienone is 1. The van der Waals surface area contributed by atoms with Crippen LogP contribution >= 0.6 is 0 Å². The molecule has 1 nitrogen and oxygen atoms in total. The molecule has 2 heteroatoms. The van der Waals surface area contributed by atoms with Gasteiger partial charge >= 0.3 is 0 Å². The third kappa shape index (κ3) is 1.88. The van der Waals surface area contributed by atoms with Crippen LogP contribution in [0.15, 0.2) is 12.3 Å². The minimum absolute atomic E-state index is 1.02. The van der Waals surface area contributed by atoms with E-state index in [9.17, 15) is 0 Å². The zero-order valence-electron chi connectivity index (χ0n) is 4.41. The van der Waals surface area contributed by atoms with Gasteiger partial charge in [-0.15, -0.1) is 0 Å². The number of nitrogens with one attached hydrogen (secondary N) is 1. The predicted octanol–water partition coefficient (Wildman–Crippen LogP) is -0.229. The molecule has 0 atom stereocenters. The van der Waals surface area contributed by atoms with Crippen LogP contribution in [0, 0.1) is 0 Å². The lowest BCUT2D eigenvalue weighted by molar-refractivity contribution is 0.997. The van der Waals surface area contributed by atoms with Crippen LogP contribution in [0.3, 0.4) is 0 Å². The van der Waals surface area contributed by atoms with Crippen molar-refractivity contribution in [3.63, 3.8) is 0 Å². The third-order valence-electron chi connectivity index (χ3n) is 0.780. The monoisotopic (exact) mass is 83.1 g/mol. The fraction of sp³-hybridized carbons (Fsp3) is 0.500. The van der Waals surface area contributed by atoms with E-state index in [-0.39, 0.29) is 0 Å². The average molecular weight is 82.9 g/mol. The molecule has 34 valence electrons. The van der Waals surface area contributed by atoms with E-state index in [4.69, 9.17) is 0 Å². The summed E-state index contributed by atoms with van der Waals surface area (Å²) in [6.07, 6.45) is 1.02. The highest BCUT2D eigenvalue weighted by Crippen LogP contribution is 1.82. The van der Waals surface area contributed by atoms with E-state index in [1.165, 1.54) is 0 Å². The Morgan fingerprint density at radius 3 is 2.50 bits per heavy atom. The highest BCUT2D eigenvalue weighted by Gasteiger charge is 1.75. The normalized spacial score (nSPS) is 7.50. The van der Waals surface area contributed by atoms with Crippen molar-refractivity contribution in [2.45, 2.75) is 6.32 Å². The van der Waals surface area contributed by atoms with Crippen LogP contribution in [-0.4, -0.2) is 14.9 Å². The summed E-state index contributed by atoms with van der Waals surface area (Å²) in [7, 11) is 3.95. The number of hydrogen-bond donors (Lipinski definition) is 1. The summed E-state index contributed by atoms with van der Waals surface area (Å²) in [5.74, 6) is 0. The summed E-state index contributed by atoms with van der Waals surface area (Å²) in [5, 5.41) is 2.92. The summed E-state index contributed by atoms with van der Waals surface area (Å²) in [6, 6.07) is 0. The first kappa shape index (κ1) is 5.60. The van der Waals surface area contributed by atoms with Crippen LogP contribution in [0.2, 0.25) is 6.32 Å². The van der Waals surface area contributed by atoms with Crippen LogP contribution in [0.5, 0.6) is 0 Å². The van der Waals surface area contributed by atoms with Crippen molar-refractivity contribution in [3.8, 4) is 0 Å². The van der Waals surface area contributed by atoms with Crippen LogP contribution in [0.25, 0.3) is 0 Å². The van der Waals surface area contributed by atoms with Gasteiger partial charge in [-0.25, -0.2) is 0 Å². The van der Waals surface area contributed by atoms with Crippen LogP contribution < -0.4 is 5.32 Å². The molecule has 0 unspecified atom stereocenters. The Kier molecular flexibility index (Phi) is 2.64. The van der Waals surface area contributed by atoms with E-state index in [1.54, 1.807) is 0 Å². The minimum Gasteiger partial charge on any atom is -0.392 e. The molecule has 0 amide bonds. The van der Waals surface area contributed by atoms with Gasteiger partial charge in [0.25, 0.3) is 0 Å². The second kappa shape index (κ2) is 2.82. The first-order chi connectivity index (χ1) is 2.81. The maximum Gasteiger partial charge on any atom is 0.108 e. The molecule has 0 spiro atoms. The Morgan fingerprint density at radius 1 is 2.00 bits per heavy atom. The molecule has 1 N–H and O–H groups in total. The van der Waals surface area contributed by atoms with Gasteiger partial charge in [0, 0.05) is 7.05 Å². The van der Waals surface area contributed by atoms with Crippen molar-refractivity contribution in [2.75, 3.05) is 7.05 Å². The quantitative estimate of drug-likeness (QED) is 0.454. The highest BCUT2D eigenvalue weighted by atomic mass is 14.8.